The van der Waals surface area contributed by atoms with E-state index in [1.807, 2.05) is 59.0 Å². The van der Waals surface area contributed by atoms with E-state index in [-0.39, 0.29) is 32.1 Å². The molecule has 1 fully saturated rings. The lowest BCUT2D eigenvalue weighted by molar-refractivity contribution is -0.218. The zero-order valence-corrected chi connectivity index (χ0v) is 24.5. The number of aryl methyl sites for hydroxylation is 1. The van der Waals surface area contributed by atoms with E-state index in [0.717, 1.165) is 27.3 Å². The Hall–Kier alpha value is -3.21. The smallest absolute Gasteiger partial charge is 0.273 e. The largest absolute Gasteiger partial charge is 0.496 e. The summed E-state index contributed by atoms with van der Waals surface area (Å²) in [6, 6.07) is 7.69. The number of benzene rings is 1. The molecule has 43 heavy (non-hydrogen) atoms. The molecule has 0 bridgehead atoms. The summed E-state index contributed by atoms with van der Waals surface area (Å²) in [6.45, 7) is -0.135. The molecule has 0 saturated carbocycles. The highest BCUT2D eigenvalue weighted by Crippen LogP contribution is 2.46. The van der Waals surface area contributed by atoms with Crippen LogP contribution in [0.15, 0.2) is 47.4 Å². The molecule has 16 heteroatoms. The van der Waals surface area contributed by atoms with Gasteiger partial charge in [0, 0.05) is 53.1 Å². The summed E-state index contributed by atoms with van der Waals surface area (Å²) < 4.78 is 26.5. The van der Waals surface area contributed by atoms with Gasteiger partial charge in [0.15, 0.2) is 5.69 Å². The molecule has 204 valence electrons. The minimum Gasteiger partial charge on any atom is -0.496 e. The van der Waals surface area contributed by atoms with Gasteiger partial charge < -0.3 is 28.4 Å². The summed E-state index contributed by atoms with van der Waals surface area (Å²) in [4.78, 5) is 15.3. The van der Waals surface area contributed by atoms with Gasteiger partial charge in [-0.2, -0.15) is 16.4 Å². The second-order valence-corrected chi connectivity index (χ2v) is 11.7. The summed E-state index contributed by atoms with van der Waals surface area (Å²) in [5, 5.41) is 4.48. The monoisotopic (exact) mass is 580 g/mol. The Bertz CT molecular complexity index is 1670. The fourth-order valence-corrected chi connectivity index (χ4v) is 5.98. The summed E-state index contributed by atoms with van der Waals surface area (Å²) in [7, 11) is 39.1. The molecule has 9 nitrogen and oxygen atoms in total. The Balaban J connectivity index is 1.49. The van der Waals surface area contributed by atoms with E-state index in [0.29, 0.717) is 22.8 Å². The fourth-order valence-electron chi connectivity index (χ4n) is 5.36. The summed E-state index contributed by atoms with van der Waals surface area (Å²) in [6.07, 6.45) is 3.94. The maximum absolute atomic E-state index is 14.3. The van der Waals surface area contributed by atoms with Crippen LogP contribution in [-0.2, 0) is 23.1 Å². The van der Waals surface area contributed by atoms with Crippen LogP contribution in [-0.4, -0.2) is 115 Å². The highest BCUT2D eigenvalue weighted by Gasteiger charge is 2.47. The number of thiophene rings is 1. The molecule has 6 rings (SSSR count). The van der Waals surface area contributed by atoms with E-state index < -0.39 is 22.0 Å². The van der Waals surface area contributed by atoms with Gasteiger partial charge in [-0.05, 0) is 28.9 Å². The number of carbonyl (C=O) groups excluding carboxylic acids is 1. The molecule has 0 spiro atoms. The van der Waals surface area contributed by atoms with E-state index in [1.165, 1.54) is 11.3 Å². The molecule has 5 heterocycles. The molecule has 12 radical (unpaired) electrons. The van der Waals surface area contributed by atoms with Crippen LogP contribution in [0.2, 0.25) is 0 Å². The number of amides is 1. The third-order valence-corrected chi connectivity index (χ3v) is 7.96. The second kappa shape index (κ2) is 10.7. The van der Waals surface area contributed by atoms with Gasteiger partial charge in [-0.25, -0.2) is 4.68 Å². The van der Waals surface area contributed by atoms with Crippen LogP contribution >= 0.6 is 11.3 Å². The third-order valence-electron chi connectivity index (χ3n) is 7.29. The van der Waals surface area contributed by atoms with Crippen molar-refractivity contribution in [3.8, 4) is 39.6 Å². The molecule has 0 aliphatic carbocycles. The Morgan fingerprint density at radius 1 is 1.16 bits per heavy atom. The van der Waals surface area contributed by atoms with Gasteiger partial charge in [0.25, 0.3) is 5.91 Å². The van der Waals surface area contributed by atoms with Crippen molar-refractivity contribution in [1.29, 1.82) is 0 Å². The zero-order valence-electron chi connectivity index (χ0n) is 23.6. The maximum atomic E-state index is 14.3. The Labute approximate surface area is 261 Å². The van der Waals surface area contributed by atoms with Gasteiger partial charge in [0.1, 0.15) is 23.7 Å². The molecule has 1 aromatic carbocycles. The normalized spacial score (nSPS) is 15.6. The van der Waals surface area contributed by atoms with Crippen LogP contribution in [0.25, 0.3) is 28.1 Å². The van der Waals surface area contributed by atoms with Crippen LogP contribution in [0, 0.1) is 0 Å². The van der Waals surface area contributed by atoms with E-state index in [2.05, 4.69) is 0 Å². The number of carbonyl (C=O) groups is 1. The zero-order chi connectivity index (χ0) is 30.7. The van der Waals surface area contributed by atoms with Gasteiger partial charge in [-0.1, -0.05) is 5.24 Å². The van der Waals surface area contributed by atoms with Crippen molar-refractivity contribution in [2.75, 3.05) is 26.9 Å². The minimum atomic E-state index is -2.12. The quantitative estimate of drug-likeness (QED) is 0.275. The number of methoxy groups -OCH3 is 1. The lowest BCUT2D eigenvalue weighted by Gasteiger charge is -2.51. The predicted molar refractivity (Wildman–Crippen MR) is 168 cm³/mol. The highest BCUT2D eigenvalue weighted by atomic mass is 32.1. The molecule has 1 amide bonds. The first-order valence-electron chi connectivity index (χ1n) is 13.2. The SMILES string of the molecule is [B]C([B])([B])OC1(CN(C(=O)c2nn(-c3ccsc3)c3c2COc2cc(OC)c(-c4ccn(C)c4)cc2-3)C([B])([B])[B])COC1. The van der Waals surface area contributed by atoms with Crippen LogP contribution < -0.4 is 9.47 Å². The molecule has 0 atom stereocenters. The summed E-state index contributed by atoms with van der Waals surface area (Å²) in [5.41, 5.74) is 3.30. The molecule has 3 aromatic heterocycles. The molecule has 0 N–H and O–H groups in total. The molecule has 1 saturated heterocycles. The maximum Gasteiger partial charge on any atom is 0.273 e. The van der Waals surface area contributed by atoms with Crippen molar-refractivity contribution in [3.63, 3.8) is 0 Å². The fraction of sp³-hybridized carbons (Fsp3) is 0.333. The summed E-state index contributed by atoms with van der Waals surface area (Å²) in [5.74, 6) is 0.555. The first-order chi connectivity index (χ1) is 20.3. The van der Waals surface area contributed by atoms with E-state index in [4.69, 9.17) is 71.1 Å². The lowest BCUT2D eigenvalue weighted by Crippen LogP contribution is -2.67. The number of hydrogen-bond acceptors (Lipinski definition) is 7. The summed E-state index contributed by atoms with van der Waals surface area (Å²) >= 11 is 1.49. The van der Waals surface area contributed by atoms with E-state index in [9.17, 15) is 4.79 Å². The molecular formula is C27H22B6N4O5S. The standard InChI is InChI=1S/C27H22B6N4O5S/c1-35-5-3-15(9-35)17-7-18-21(8-20(17)39-2)41-10-19-22(34-37(23(18)19)16-4-6-43-11-16)24(38)36(26(28,29)30)12-25(13-40-14-25)42-27(31,32)33/h3-9,11H,10,12-14H2,1-2H3. The first kappa shape index (κ1) is 29.8. The topological polar surface area (TPSA) is 80.0 Å². The van der Waals surface area contributed by atoms with Crippen molar-refractivity contribution in [3.05, 3.63) is 58.7 Å². The molecule has 2 aliphatic heterocycles. The Kier molecular flexibility index (Phi) is 7.46. The van der Waals surface area contributed by atoms with Crippen LogP contribution in [0.3, 0.4) is 0 Å². The molecule has 4 aromatic rings. The van der Waals surface area contributed by atoms with Crippen LogP contribution in [0.1, 0.15) is 16.1 Å². The van der Waals surface area contributed by atoms with Gasteiger partial charge in [-0.15, -0.1) is 0 Å². The van der Waals surface area contributed by atoms with E-state index >= 15 is 0 Å². The van der Waals surface area contributed by atoms with Gasteiger partial charge in [-0.3, -0.25) is 4.79 Å². The number of aromatic nitrogens is 3. The Morgan fingerprint density at radius 2 is 1.93 bits per heavy atom. The number of nitrogens with zero attached hydrogens (tertiary/aromatic N) is 4. The predicted octanol–water partition coefficient (Wildman–Crippen LogP) is 0.969. The van der Waals surface area contributed by atoms with Crippen molar-refractivity contribution in [2.45, 2.75) is 22.7 Å². The molecular weight excluding hydrogens is 557 g/mol. The van der Waals surface area contributed by atoms with Gasteiger partial charge in [0.05, 0.1) is 85.3 Å². The lowest BCUT2D eigenvalue weighted by atomic mass is 9.48. The second-order valence-electron chi connectivity index (χ2n) is 10.9. The van der Waals surface area contributed by atoms with Crippen molar-refractivity contribution >= 4 is 64.3 Å². The van der Waals surface area contributed by atoms with E-state index in [1.54, 1.807) is 11.8 Å². The number of fused-ring (bicyclic) bond motifs is 3. The average Bonchev–Trinajstić information content (AvgIpc) is 3.67. The Morgan fingerprint density at radius 3 is 2.49 bits per heavy atom. The highest BCUT2D eigenvalue weighted by molar-refractivity contribution is 7.08. The van der Waals surface area contributed by atoms with Crippen molar-refractivity contribution in [1.82, 2.24) is 19.2 Å². The van der Waals surface area contributed by atoms with Crippen molar-refractivity contribution in [2.24, 2.45) is 7.05 Å². The molecule has 2 aliphatic rings. The third kappa shape index (κ3) is 5.60. The van der Waals surface area contributed by atoms with Crippen LogP contribution in [0.5, 0.6) is 11.5 Å². The average molecular weight is 579 g/mol. The number of ether oxygens (including phenoxy) is 4. The number of rotatable bonds is 9. The van der Waals surface area contributed by atoms with Gasteiger partial charge >= 0.3 is 0 Å². The first-order valence-corrected chi connectivity index (χ1v) is 14.2. The minimum absolute atomic E-state index is 0.0300. The van der Waals surface area contributed by atoms with Crippen molar-refractivity contribution < 1.29 is 23.7 Å². The number of hydrogen-bond donors (Lipinski definition) is 0. The van der Waals surface area contributed by atoms with Gasteiger partial charge in [0.2, 0.25) is 0 Å². The molecule has 0 unspecified atom stereocenters. The van der Waals surface area contributed by atoms with Crippen LogP contribution in [0.4, 0.5) is 0 Å².